The number of nitrogens with zero attached hydrogens (tertiary/aromatic N) is 3. The Bertz CT molecular complexity index is 234. The van der Waals surface area contributed by atoms with Crippen LogP contribution in [-0.2, 0) is 7.05 Å². The van der Waals surface area contributed by atoms with Gasteiger partial charge in [-0.2, -0.15) is 11.8 Å². The van der Waals surface area contributed by atoms with Crippen LogP contribution in [0.15, 0.2) is 5.16 Å². The maximum absolute atomic E-state index is 4.02. The summed E-state index contributed by atoms with van der Waals surface area (Å²) < 4.78 is 2.00. The molecule has 0 spiro atoms. The molecule has 0 unspecified atom stereocenters. The van der Waals surface area contributed by atoms with Gasteiger partial charge in [-0.15, -0.1) is 10.2 Å². The molecule has 0 amide bonds. The Morgan fingerprint density at radius 2 is 2.18 bits per heavy atom. The van der Waals surface area contributed by atoms with Gasteiger partial charge in [-0.1, -0.05) is 11.8 Å². The standard InChI is InChI=1S/C6H11N3S2/c1-5-7-8-6(9(5)2)11-4-10-3/h4H2,1-3H3. The summed E-state index contributed by atoms with van der Waals surface area (Å²) >= 11 is 3.52. The first kappa shape index (κ1) is 8.93. The van der Waals surface area contributed by atoms with Crippen molar-refractivity contribution in [2.75, 3.05) is 11.3 Å². The lowest BCUT2D eigenvalue weighted by molar-refractivity contribution is 0.766. The fraction of sp³-hybridized carbons (Fsp3) is 0.667. The first-order valence-corrected chi connectivity index (χ1v) is 5.61. The highest BCUT2D eigenvalue weighted by Gasteiger charge is 2.03. The smallest absolute Gasteiger partial charge is 0.191 e. The second kappa shape index (κ2) is 4.01. The Kier molecular flexibility index (Phi) is 3.26. The number of thioether (sulfide) groups is 2. The lowest BCUT2D eigenvalue weighted by Gasteiger charge is -1.97. The summed E-state index contributed by atoms with van der Waals surface area (Å²) in [6, 6.07) is 0. The monoisotopic (exact) mass is 189 g/mol. The normalized spacial score (nSPS) is 10.5. The molecule has 1 aromatic rings. The van der Waals surface area contributed by atoms with Crippen molar-refractivity contribution in [2.45, 2.75) is 12.1 Å². The number of aromatic nitrogens is 3. The van der Waals surface area contributed by atoms with Gasteiger partial charge in [0.15, 0.2) is 5.16 Å². The highest BCUT2D eigenvalue weighted by atomic mass is 32.2. The molecule has 0 N–H and O–H groups in total. The van der Waals surface area contributed by atoms with Crippen molar-refractivity contribution in [2.24, 2.45) is 7.05 Å². The van der Waals surface area contributed by atoms with Crippen LogP contribution in [0.25, 0.3) is 0 Å². The van der Waals surface area contributed by atoms with Crippen molar-refractivity contribution < 1.29 is 0 Å². The molecule has 1 aromatic heterocycles. The molecule has 0 fully saturated rings. The number of hydrogen-bond acceptors (Lipinski definition) is 4. The van der Waals surface area contributed by atoms with Crippen molar-refractivity contribution in [1.82, 2.24) is 14.8 Å². The average molecular weight is 189 g/mol. The van der Waals surface area contributed by atoms with Crippen molar-refractivity contribution >= 4 is 23.5 Å². The zero-order valence-electron chi connectivity index (χ0n) is 6.87. The van der Waals surface area contributed by atoms with Gasteiger partial charge < -0.3 is 4.57 Å². The van der Waals surface area contributed by atoms with Crippen molar-refractivity contribution in [1.29, 1.82) is 0 Å². The van der Waals surface area contributed by atoms with E-state index >= 15 is 0 Å². The molecule has 3 nitrogen and oxygen atoms in total. The molecule has 1 rings (SSSR count). The van der Waals surface area contributed by atoms with Crippen LogP contribution in [0.2, 0.25) is 0 Å². The van der Waals surface area contributed by atoms with Crippen LogP contribution in [0.4, 0.5) is 0 Å². The molecular formula is C6H11N3S2. The van der Waals surface area contributed by atoms with Crippen LogP contribution in [-0.4, -0.2) is 26.1 Å². The predicted octanol–water partition coefficient (Wildman–Crippen LogP) is 1.54. The van der Waals surface area contributed by atoms with Gasteiger partial charge in [0, 0.05) is 12.1 Å². The van der Waals surface area contributed by atoms with Gasteiger partial charge in [-0.05, 0) is 13.2 Å². The quantitative estimate of drug-likeness (QED) is 0.533. The van der Waals surface area contributed by atoms with Crippen molar-refractivity contribution in [3.63, 3.8) is 0 Å². The van der Waals surface area contributed by atoms with Gasteiger partial charge in [0.25, 0.3) is 0 Å². The molecule has 62 valence electrons. The van der Waals surface area contributed by atoms with E-state index in [1.54, 1.807) is 23.5 Å². The minimum absolute atomic E-state index is 0.966. The van der Waals surface area contributed by atoms with Crippen molar-refractivity contribution in [3.05, 3.63) is 5.82 Å². The summed E-state index contributed by atoms with van der Waals surface area (Å²) in [4.78, 5) is 0. The molecule has 1 heterocycles. The molecule has 0 aliphatic carbocycles. The Hall–Kier alpha value is -0.160. The van der Waals surface area contributed by atoms with E-state index in [9.17, 15) is 0 Å². The van der Waals surface area contributed by atoms with E-state index in [0.29, 0.717) is 0 Å². The van der Waals surface area contributed by atoms with E-state index in [1.807, 2.05) is 18.5 Å². The molecule has 0 aliphatic rings. The van der Waals surface area contributed by atoms with Gasteiger partial charge in [-0.3, -0.25) is 0 Å². The largest absolute Gasteiger partial charge is 0.309 e. The zero-order valence-corrected chi connectivity index (χ0v) is 8.50. The first-order valence-electron chi connectivity index (χ1n) is 3.23. The first-order chi connectivity index (χ1) is 5.25. The highest BCUT2D eigenvalue weighted by molar-refractivity contribution is 8.15. The predicted molar refractivity (Wildman–Crippen MR) is 50.0 cm³/mol. The molecule has 0 aromatic carbocycles. The minimum atomic E-state index is 0.966. The molecule has 0 saturated carbocycles. The van der Waals surface area contributed by atoms with E-state index in [2.05, 4.69) is 16.5 Å². The third-order valence-electron chi connectivity index (χ3n) is 1.36. The van der Waals surface area contributed by atoms with Crippen LogP contribution in [0, 0.1) is 6.92 Å². The molecule has 11 heavy (non-hydrogen) atoms. The third-order valence-corrected chi connectivity index (χ3v) is 3.39. The van der Waals surface area contributed by atoms with E-state index in [0.717, 1.165) is 16.1 Å². The Morgan fingerprint density at radius 1 is 1.45 bits per heavy atom. The average Bonchev–Trinajstić information content (AvgIpc) is 2.31. The van der Waals surface area contributed by atoms with Gasteiger partial charge in [-0.25, -0.2) is 0 Å². The summed E-state index contributed by atoms with van der Waals surface area (Å²) in [5.74, 6) is 0.966. The van der Waals surface area contributed by atoms with Gasteiger partial charge in [0.1, 0.15) is 5.82 Å². The van der Waals surface area contributed by atoms with Crippen LogP contribution < -0.4 is 0 Å². The fourth-order valence-electron chi connectivity index (χ4n) is 0.625. The fourth-order valence-corrected chi connectivity index (χ4v) is 1.94. The summed E-state index contributed by atoms with van der Waals surface area (Å²) in [6.45, 7) is 1.95. The molecule has 0 radical (unpaired) electrons. The number of hydrogen-bond donors (Lipinski definition) is 0. The summed E-state index contributed by atoms with van der Waals surface area (Å²) in [5, 5.41) is 10.00. The van der Waals surface area contributed by atoms with Crippen molar-refractivity contribution in [3.8, 4) is 0 Å². The second-order valence-electron chi connectivity index (χ2n) is 2.14. The summed E-state index contributed by atoms with van der Waals surface area (Å²) in [5.41, 5.74) is 0. The zero-order chi connectivity index (χ0) is 8.27. The topological polar surface area (TPSA) is 30.7 Å². The Morgan fingerprint density at radius 3 is 2.64 bits per heavy atom. The molecule has 0 aliphatic heterocycles. The number of aryl methyl sites for hydroxylation is 1. The summed E-state index contributed by atoms with van der Waals surface area (Å²) in [7, 11) is 1.98. The molecule has 0 atom stereocenters. The van der Waals surface area contributed by atoms with Gasteiger partial charge >= 0.3 is 0 Å². The van der Waals surface area contributed by atoms with Crippen LogP contribution in [0.5, 0.6) is 0 Å². The SMILES string of the molecule is CSCSc1nnc(C)n1C. The van der Waals surface area contributed by atoms with Gasteiger partial charge in [0.05, 0.1) is 0 Å². The third kappa shape index (κ3) is 2.13. The van der Waals surface area contributed by atoms with E-state index < -0.39 is 0 Å². The van der Waals surface area contributed by atoms with Crippen LogP contribution in [0.1, 0.15) is 5.82 Å². The molecule has 0 bridgehead atoms. The maximum Gasteiger partial charge on any atom is 0.191 e. The number of rotatable bonds is 3. The minimum Gasteiger partial charge on any atom is -0.309 e. The highest BCUT2D eigenvalue weighted by Crippen LogP contribution is 2.18. The maximum atomic E-state index is 4.02. The Balaban J connectivity index is 2.63. The molecule has 0 saturated heterocycles. The van der Waals surface area contributed by atoms with Crippen LogP contribution >= 0.6 is 23.5 Å². The summed E-state index contributed by atoms with van der Waals surface area (Å²) in [6.07, 6.45) is 2.08. The van der Waals surface area contributed by atoms with E-state index in [-0.39, 0.29) is 0 Å². The van der Waals surface area contributed by atoms with Crippen LogP contribution in [0.3, 0.4) is 0 Å². The molecule has 5 heteroatoms. The second-order valence-corrected chi connectivity index (χ2v) is 4.31. The Labute approximate surface area is 75.0 Å². The molecular weight excluding hydrogens is 178 g/mol. The lowest BCUT2D eigenvalue weighted by atomic mass is 10.7. The van der Waals surface area contributed by atoms with Gasteiger partial charge in [0.2, 0.25) is 0 Å². The lowest BCUT2D eigenvalue weighted by Crippen LogP contribution is -1.93. The van der Waals surface area contributed by atoms with E-state index in [4.69, 9.17) is 0 Å². The van der Waals surface area contributed by atoms with E-state index in [1.165, 1.54) is 0 Å².